The lowest BCUT2D eigenvalue weighted by molar-refractivity contribution is -0.157. The topological polar surface area (TPSA) is 75.9 Å². The van der Waals surface area contributed by atoms with Crippen molar-refractivity contribution in [3.63, 3.8) is 0 Å². The molecule has 0 aromatic carbocycles. The van der Waals surface area contributed by atoms with Crippen molar-refractivity contribution in [2.75, 3.05) is 18.4 Å². The van der Waals surface area contributed by atoms with Gasteiger partial charge in [0.2, 0.25) is 5.91 Å². The van der Waals surface area contributed by atoms with Crippen LogP contribution in [0.2, 0.25) is 0 Å². The number of alkyl halides is 3. The minimum absolute atomic E-state index is 0.000879. The van der Waals surface area contributed by atoms with Crippen LogP contribution in [-0.2, 0) is 11.8 Å². The third-order valence-corrected chi connectivity index (χ3v) is 3.63. The molecule has 1 atom stereocenters. The van der Waals surface area contributed by atoms with Crippen LogP contribution in [0, 0.1) is 6.92 Å². The van der Waals surface area contributed by atoms with Crippen LogP contribution in [0.1, 0.15) is 12.2 Å². The van der Waals surface area contributed by atoms with Crippen molar-refractivity contribution in [1.29, 1.82) is 0 Å². The Morgan fingerprint density at radius 1 is 1.39 bits per heavy atom. The minimum atomic E-state index is -4.40. The molecule has 1 saturated heterocycles. The largest absolute Gasteiger partial charge is 0.406 e. The number of fused-ring (bicyclic) bond motifs is 1. The van der Waals surface area contributed by atoms with E-state index in [1.165, 1.54) is 0 Å². The van der Waals surface area contributed by atoms with Gasteiger partial charge in [-0.2, -0.15) is 18.3 Å². The summed E-state index contributed by atoms with van der Waals surface area (Å²) in [6, 6.07) is -0.428. The van der Waals surface area contributed by atoms with Crippen molar-refractivity contribution in [3.8, 4) is 0 Å². The highest BCUT2D eigenvalue weighted by Crippen LogP contribution is 2.25. The van der Waals surface area contributed by atoms with E-state index < -0.39 is 24.7 Å². The zero-order valence-corrected chi connectivity index (χ0v) is 12.6. The highest BCUT2D eigenvalue weighted by Gasteiger charge is 2.38. The van der Waals surface area contributed by atoms with Crippen LogP contribution in [-0.4, -0.2) is 55.9 Å². The fourth-order valence-electron chi connectivity index (χ4n) is 2.67. The second-order valence-corrected chi connectivity index (χ2v) is 5.56. The minimum Gasteiger partial charge on any atom is -0.364 e. The summed E-state index contributed by atoms with van der Waals surface area (Å²) in [7, 11) is 1.74. The van der Waals surface area contributed by atoms with Crippen LogP contribution in [0.3, 0.4) is 0 Å². The summed E-state index contributed by atoms with van der Waals surface area (Å²) in [5.41, 5.74) is 0.622. The Hall–Kier alpha value is -2.39. The number of hydrogen-bond acceptors (Lipinski definition) is 5. The molecule has 1 aliphatic rings. The Labute approximate surface area is 129 Å². The molecule has 3 heterocycles. The average molecular weight is 328 g/mol. The second-order valence-electron chi connectivity index (χ2n) is 5.56. The maximum Gasteiger partial charge on any atom is 0.406 e. The van der Waals surface area contributed by atoms with Gasteiger partial charge in [-0.05, 0) is 6.92 Å². The summed E-state index contributed by atoms with van der Waals surface area (Å²) in [5.74, 6) is 0.473. The van der Waals surface area contributed by atoms with Crippen LogP contribution in [0.4, 0.5) is 19.0 Å². The van der Waals surface area contributed by atoms with Gasteiger partial charge in [0.15, 0.2) is 5.65 Å². The number of amides is 1. The van der Waals surface area contributed by atoms with Crippen LogP contribution in [0.15, 0.2) is 6.20 Å². The fourth-order valence-corrected chi connectivity index (χ4v) is 2.67. The number of likely N-dealkylation sites (tertiary alicyclic amines) is 1. The highest BCUT2D eigenvalue weighted by molar-refractivity contribution is 5.87. The summed E-state index contributed by atoms with van der Waals surface area (Å²) in [5, 5.41) is 7.81. The molecule has 7 nitrogen and oxygen atoms in total. The summed E-state index contributed by atoms with van der Waals surface area (Å²) >= 11 is 0. The van der Waals surface area contributed by atoms with Crippen LogP contribution in [0.5, 0.6) is 0 Å². The molecule has 2 aromatic rings. The first-order valence-electron chi connectivity index (χ1n) is 7.00. The first kappa shape index (κ1) is 15.5. The van der Waals surface area contributed by atoms with Crippen molar-refractivity contribution >= 4 is 22.8 Å². The van der Waals surface area contributed by atoms with E-state index in [4.69, 9.17) is 0 Å². The van der Waals surface area contributed by atoms with Crippen molar-refractivity contribution in [2.24, 2.45) is 7.05 Å². The maximum absolute atomic E-state index is 12.5. The Morgan fingerprint density at radius 3 is 2.83 bits per heavy atom. The third-order valence-electron chi connectivity index (χ3n) is 3.63. The summed E-state index contributed by atoms with van der Waals surface area (Å²) in [4.78, 5) is 21.1. The van der Waals surface area contributed by atoms with Gasteiger partial charge in [0, 0.05) is 20.0 Å². The maximum atomic E-state index is 12.5. The molecule has 0 spiro atoms. The van der Waals surface area contributed by atoms with Crippen LogP contribution in [0.25, 0.3) is 11.0 Å². The first-order valence-corrected chi connectivity index (χ1v) is 7.00. The van der Waals surface area contributed by atoms with Gasteiger partial charge in [-0.3, -0.25) is 9.48 Å². The zero-order chi connectivity index (χ0) is 16.8. The number of nitrogens with one attached hydrogen (secondary N) is 1. The van der Waals surface area contributed by atoms with E-state index in [0.29, 0.717) is 22.7 Å². The number of anilines is 1. The predicted octanol–water partition coefficient (Wildman–Crippen LogP) is 1.25. The molecule has 0 bridgehead atoms. The smallest absolute Gasteiger partial charge is 0.364 e. The molecule has 3 rings (SSSR count). The predicted molar refractivity (Wildman–Crippen MR) is 75.7 cm³/mol. The number of carbonyl (C=O) groups excluding carboxylic acids is 1. The lowest BCUT2D eigenvalue weighted by Gasteiger charge is -2.19. The number of nitrogens with zero attached hydrogens (tertiary/aromatic N) is 5. The van der Waals surface area contributed by atoms with Gasteiger partial charge in [0.1, 0.15) is 18.2 Å². The summed E-state index contributed by atoms with van der Waals surface area (Å²) < 4.78 is 38.9. The summed E-state index contributed by atoms with van der Waals surface area (Å²) in [6.07, 6.45) is -2.81. The molecule has 0 saturated carbocycles. The fraction of sp³-hybridized carbons (Fsp3) is 0.538. The molecule has 1 unspecified atom stereocenters. The highest BCUT2D eigenvalue weighted by atomic mass is 19.4. The Morgan fingerprint density at radius 2 is 2.13 bits per heavy atom. The normalized spacial score (nSPS) is 18.9. The molecule has 10 heteroatoms. The van der Waals surface area contributed by atoms with E-state index in [2.05, 4.69) is 20.4 Å². The van der Waals surface area contributed by atoms with Gasteiger partial charge in [0.05, 0.1) is 17.6 Å². The number of halogens is 3. The van der Waals surface area contributed by atoms with Crippen LogP contribution < -0.4 is 5.32 Å². The molecule has 1 fully saturated rings. The van der Waals surface area contributed by atoms with Crippen molar-refractivity contribution in [2.45, 2.75) is 25.6 Å². The van der Waals surface area contributed by atoms with E-state index in [0.717, 1.165) is 4.90 Å². The molecule has 1 amide bonds. The third kappa shape index (κ3) is 3.20. The number of aryl methyl sites for hydroxylation is 2. The van der Waals surface area contributed by atoms with Crippen molar-refractivity contribution in [3.05, 3.63) is 12.0 Å². The molecule has 2 aromatic heterocycles. The van der Waals surface area contributed by atoms with E-state index in [-0.39, 0.29) is 13.0 Å². The van der Waals surface area contributed by atoms with Gasteiger partial charge >= 0.3 is 6.18 Å². The second kappa shape index (κ2) is 5.36. The number of aromatic nitrogens is 4. The lowest BCUT2D eigenvalue weighted by atomic mass is 10.2. The number of rotatable bonds is 3. The Bertz CT molecular complexity index is 756. The molecular formula is C13H15F3N6O. The van der Waals surface area contributed by atoms with Crippen molar-refractivity contribution < 1.29 is 18.0 Å². The van der Waals surface area contributed by atoms with E-state index in [9.17, 15) is 18.0 Å². The molecule has 1 aliphatic heterocycles. The lowest BCUT2D eigenvalue weighted by Crippen LogP contribution is -2.36. The van der Waals surface area contributed by atoms with E-state index >= 15 is 0 Å². The van der Waals surface area contributed by atoms with Gasteiger partial charge in [0.25, 0.3) is 0 Å². The van der Waals surface area contributed by atoms with Crippen LogP contribution >= 0.6 is 0 Å². The molecule has 23 heavy (non-hydrogen) atoms. The molecular weight excluding hydrogens is 313 g/mol. The molecule has 124 valence electrons. The van der Waals surface area contributed by atoms with Gasteiger partial charge in [-0.1, -0.05) is 0 Å². The Kier molecular flexibility index (Phi) is 3.61. The SMILES string of the molecule is Cc1nc(NC2CC(=O)N(CC(F)(F)F)C2)c2cnn(C)c2n1. The van der Waals surface area contributed by atoms with Gasteiger partial charge < -0.3 is 10.2 Å². The van der Waals surface area contributed by atoms with E-state index in [1.807, 2.05) is 0 Å². The van der Waals surface area contributed by atoms with Gasteiger partial charge in [-0.15, -0.1) is 0 Å². The summed E-state index contributed by atoms with van der Waals surface area (Å²) in [6.45, 7) is 0.478. The quantitative estimate of drug-likeness (QED) is 0.918. The van der Waals surface area contributed by atoms with Crippen molar-refractivity contribution in [1.82, 2.24) is 24.6 Å². The number of carbonyl (C=O) groups is 1. The number of hydrogen-bond donors (Lipinski definition) is 1. The monoisotopic (exact) mass is 328 g/mol. The van der Waals surface area contributed by atoms with Gasteiger partial charge in [-0.25, -0.2) is 9.97 Å². The zero-order valence-electron chi connectivity index (χ0n) is 12.6. The molecule has 0 aliphatic carbocycles. The van der Waals surface area contributed by atoms with E-state index in [1.54, 1.807) is 24.9 Å². The molecule has 0 radical (unpaired) electrons. The standard InChI is InChI=1S/C13H15F3N6O/c1-7-18-11(9-4-17-21(2)12(9)19-7)20-8-3-10(23)22(5-8)6-13(14,15)16/h4,8H,3,5-6H2,1-2H3,(H,18,19,20). The first-order chi connectivity index (χ1) is 10.7. The average Bonchev–Trinajstić information content (AvgIpc) is 2.93. The Balaban J connectivity index is 1.80. The molecule has 1 N–H and O–H groups in total.